The molecule has 2 rings (SSSR count). The van der Waals surface area contributed by atoms with Crippen molar-refractivity contribution in [1.29, 1.82) is 0 Å². The van der Waals surface area contributed by atoms with Gasteiger partial charge < -0.3 is 15.5 Å². The molecule has 0 bridgehead atoms. The third-order valence-electron chi connectivity index (χ3n) is 4.58. The molecule has 1 aliphatic heterocycles. The summed E-state index contributed by atoms with van der Waals surface area (Å²) in [5.41, 5.74) is -0.839. The third-order valence-corrected chi connectivity index (χ3v) is 5.43. The highest BCUT2D eigenvalue weighted by atomic mass is 32.1. The van der Waals surface area contributed by atoms with Gasteiger partial charge in [-0.05, 0) is 45.7 Å². The Morgan fingerprint density at radius 2 is 2.15 bits per heavy atom. The van der Waals surface area contributed by atoms with Gasteiger partial charge in [-0.3, -0.25) is 4.99 Å². The molecule has 0 spiro atoms. The molecule has 1 saturated heterocycles. The van der Waals surface area contributed by atoms with Crippen molar-refractivity contribution in [3.8, 4) is 0 Å². The minimum absolute atomic E-state index is 0.228. The molecule has 26 heavy (non-hydrogen) atoms. The number of piperidine rings is 1. The fraction of sp³-hybridized carbons (Fsp3) is 0.765. The van der Waals surface area contributed by atoms with E-state index in [1.807, 2.05) is 0 Å². The van der Waals surface area contributed by atoms with Crippen LogP contribution < -0.4 is 10.6 Å². The Kier molecular flexibility index (Phi) is 8.15. The summed E-state index contributed by atoms with van der Waals surface area (Å²) < 4.78 is 37.6. The van der Waals surface area contributed by atoms with Crippen LogP contribution in [0.25, 0.3) is 0 Å². The maximum Gasteiger partial charge on any atom is 0.434 e. The van der Waals surface area contributed by atoms with E-state index in [2.05, 4.69) is 32.4 Å². The number of aliphatic imine (C=N–C) groups is 1. The number of nitrogens with one attached hydrogen (secondary N) is 2. The van der Waals surface area contributed by atoms with Gasteiger partial charge in [0.25, 0.3) is 0 Å². The Balaban J connectivity index is 1.62. The van der Waals surface area contributed by atoms with Gasteiger partial charge in [0, 0.05) is 25.0 Å². The molecule has 2 heterocycles. The Hall–Kier alpha value is -1.35. The van der Waals surface area contributed by atoms with Crippen LogP contribution in [0.3, 0.4) is 0 Å². The van der Waals surface area contributed by atoms with Gasteiger partial charge in [0.05, 0.1) is 6.54 Å². The van der Waals surface area contributed by atoms with Crippen LogP contribution in [0.2, 0.25) is 0 Å². The van der Waals surface area contributed by atoms with Crippen LogP contribution >= 0.6 is 11.3 Å². The van der Waals surface area contributed by atoms with Gasteiger partial charge in [-0.1, -0.05) is 6.42 Å². The fourth-order valence-electron chi connectivity index (χ4n) is 3.04. The maximum atomic E-state index is 12.5. The molecule has 148 valence electrons. The second-order valence-electron chi connectivity index (χ2n) is 6.56. The standard InChI is InChI=1S/C17H28F3N5S/c1-13-7-3-5-9-25(13)10-6-4-8-22-16(21-2)23-11-15-24-14(12-26-15)17(18,19)20/h12-13H,3-11H2,1-2H3,(H2,21,22,23). The second kappa shape index (κ2) is 10.1. The summed E-state index contributed by atoms with van der Waals surface area (Å²) in [6, 6.07) is 0.686. The van der Waals surface area contributed by atoms with E-state index >= 15 is 0 Å². The largest absolute Gasteiger partial charge is 0.434 e. The van der Waals surface area contributed by atoms with Crippen LogP contribution in [-0.2, 0) is 12.7 Å². The van der Waals surface area contributed by atoms with Crippen LogP contribution in [0.5, 0.6) is 0 Å². The van der Waals surface area contributed by atoms with Crippen molar-refractivity contribution in [2.75, 3.05) is 26.7 Å². The maximum absolute atomic E-state index is 12.5. The summed E-state index contributed by atoms with van der Waals surface area (Å²) >= 11 is 0.995. The lowest BCUT2D eigenvalue weighted by molar-refractivity contribution is -0.140. The van der Waals surface area contributed by atoms with E-state index in [0.717, 1.165) is 42.6 Å². The number of hydrogen-bond donors (Lipinski definition) is 2. The molecular weight excluding hydrogens is 363 g/mol. The quantitative estimate of drug-likeness (QED) is 0.425. The van der Waals surface area contributed by atoms with Crippen molar-refractivity contribution in [2.45, 2.75) is 57.8 Å². The van der Waals surface area contributed by atoms with Gasteiger partial charge >= 0.3 is 6.18 Å². The molecule has 0 amide bonds. The van der Waals surface area contributed by atoms with E-state index in [0.29, 0.717) is 17.0 Å². The highest BCUT2D eigenvalue weighted by molar-refractivity contribution is 7.09. The zero-order valence-electron chi connectivity index (χ0n) is 15.4. The molecule has 1 aromatic rings. The number of nitrogens with zero attached hydrogens (tertiary/aromatic N) is 3. The molecule has 1 aromatic heterocycles. The molecule has 5 nitrogen and oxygen atoms in total. The average Bonchev–Trinajstić information content (AvgIpc) is 3.08. The zero-order valence-corrected chi connectivity index (χ0v) is 16.2. The Labute approximate surface area is 157 Å². The molecule has 1 unspecified atom stereocenters. The minimum Gasteiger partial charge on any atom is -0.356 e. The number of likely N-dealkylation sites (tertiary alicyclic amines) is 1. The molecule has 0 aromatic carbocycles. The van der Waals surface area contributed by atoms with Crippen LogP contribution in [0, 0.1) is 0 Å². The van der Waals surface area contributed by atoms with Crippen molar-refractivity contribution in [3.05, 3.63) is 16.1 Å². The van der Waals surface area contributed by atoms with E-state index in [-0.39, 0.29) is 6.54 Å². The topological polar surface area (TPSA) is 52.6 Å². The number of aromatic nitrogens is 1. The molecule has 1 fully saturated rings. The third kappa shape index (κ3) is 6.75. The van der Waals surface area contributed by atoms with Crippen molar-refractivity contribution < 1.29 is 13.2 Å². The van der Waals surface area contributed by atoms with E-state index < -0.39 is 11.9 Å². The van der Waals surface area contributed by atoms with Crippen LogP contribution in [0.4, 0.5) is 13.2 Å². The number of alkyl halides is 3. The van der Waals surface area contributed by atoms with Crippen LogP contribution in [0.1, 0.15) is 49.7 Å². The number of guanidine groups is 1. The second-order valence-corrected chi connectivity index (χ2v) is 7.51. The highest BCUT2D eigenvalue weighted by Crippen LogP contribution is 2.29. The lowest BCUT2D eigenvalue weighted by Crippen LogP contribution is -2.39. The van der Waals surface area contributed by atoms with Crippen molar-refractivity contribution in [1.82, 2.24) is 20.5 Å². The molecule has 0 aliphatic carbocycles. The number of hydrogen-bond acceptors (Lipinski definition) is 4. The van der Waals surface area contributed by atoms with Crippen molar-refractivity contribution >= 4 is 17.3 Å². The summed E-state index contributed by atoms with van der Waals surface area (Å²) in [5, 5.41) is 7.63. The van der Waals surface area contributed by atoms with Crippen LogP contribution in [-0.4, -0.2) is 48.6 Å². The van der Waals surface area contributed by atoms with Crippen molar-refractivity contribution in [2.24, 2.45) is 4.99 Å². The first kappa shape index (κ1) is 21.0. The minimum atomic E-state index is -4.39. The predicted octanol–water partition coefficient (Wildman–Crippen LogP) is 3.48. The van der Waals surface area contributed by atoms with E-state index in [1.54, 1.807) is 7.05 Å². The summed E-state index contributed by atoms with van der Waals surface area (Å²) in [6.07, 6.45) is 1.69. The summed E-state index contributed by atoms with van der Waals surface area (Å²) in [6.45, 7) is 5.63. The van der Waals surface area contributed by atoms with Gasteiger partial charge in [-0.2, -0.15) is 13.2 Å². The van der Waals surface area contributed by atoms with Gasteiger partial charge in [0.1, 0.15) is 5.01 Å². The lowest BCUT2D eigenvalue weighted by atomic mass is 10.0. The number of rotatable bonds is 7. The molecular formula is C17H28F3N5S. The molecule has 9 heteroatoms. The van der Waals surface area contributed by atoms with E-state index in [9.17, 15) is 13.2 Å². The normalized spacial score (nSPS) is 19.6. The molecule has 0 radical (unpaired) electrons. The Morgan fingerprint density at radius 1 is 1.35 bits per heavy atom. The Bertz CT molecular complexity index is 573. The average molecular weight is 392 g/mol. The van der Waals surface area contributed by atoms with Gasteiger partial charge in [-0.15, -0.1) is 11.3 Å². The van der Waals surface area contributed by atoms with Gasteiger partial charge in [0.2, 0.25) is 0 Å². The summed E-state index contributed by atoms with van der Waals surface area (Å²) in [7, 11) is 1.65. The monoisotopic (exact) mass is 391 g/mol. The highest BCUT2D eigenvalue weighted by Gasteiger charge is 2.33. The summed E-state index contributed by atoms with van der Waals surface area (Å²) in [5.74, 6) is 0.583. The molecule has 1 aliphatic rings. The SMILES string of the molecule is CN=C(NCCCCN1CCCCC1C)NCc1nc(C(F)(F)F)cs1. The predicted molar refractivity (Wildman–Crippen MR) is 99.4 cm³/mol. The van der Waals surface area contributed by atoms with Crippen LogP contribution in [0.15, 0.2) is 10.4 Å². The van der Waals surface area contributed by atoms with E-state index in [4.69, 9.17) is 0 Å². The zero-order chi connectivity index (χ0) is 19.0. The first-order valence-corrected chi connectivity index (χ1v) is 9.98. The van der Waals surface area contributed by atoms with Gasteiger partial charge in [-0.25, -0.2) is 4.98 Å². The molecule has 1 atom stereocenters. The first-order chi connectivity index (χ1) is 12.4. The Morgan fingerprint density at radius 3 is 2.81 bits per heavy atom. The first-order valence-electron chi connectivity index (χ1n) is 9.10. The van der Waals surface area contributed by atoms with Gasteiger partial charge in [0.15, 0.2) is 11.7 Å². The number of thiazole rings is 1. The van der Waals surface area contributed by atoms with Crippen molar-refractivity contribution in [3.63, 3.8) is 0 Å². The number of unbranched alkanes of at least 4 members (excludes halogenated alkanes) is 1. The smallest absolute Gasteiger partial charge is 0.356 e. The summed E-state index contributed by atoms with van der Waals surface area (Å²) in [4.78, 5) is 10.2. The number of halogens is 3. The molecule has 2 N–H and O–H groups in total. The molecule has 0 saturated carbocycles. The fourth-order valence-corrected chi connectivity index (χ4v) is 3.78. The van der Waals surface area contributed by atoms with E-state index in [1.165, 1.54) is 25.8 Å². The lowest BCUT2D eigenvalue weighted by Gasteiger charge is -2.33.